The van der Waals surface area contributed by atoms with Gasteiger partial charge in [0.1, 0.15) is 5.01 Å². The third-order valence-corrected chi connectivity index (χ3v) is 4.77. The lowest BCUT2D eigenvalue weighted by Crippen LogP contribution is -2.39. The molecular weight excluding hydrogens is 308 g/mol. The number of halogens is 1. The predicted molar refractivity (Wildman–Crippen MR) is 88.9 cm³/mol. The number of amides is 1. The highest BCUT2D eigenvalue weighted by Crippen LogP contribution is 2.28. The molecule has 0 spiro atoms. The standard InChI is InChI=1S/C14H24N4OS.ClH/c1-9(2)12(15)13(19)16-14-18-17-11(20-14)8-10-6-4-3-5-7-10;/h9-10,12H,3-8,15H2,1-2H3,(H,16,18,19);1H/t12-;/m0./s1. The van der Waals surface area contributed by atoms with Gasteiger partial charge in [-0.25, -0.2) is 0 Å². The molecule has 1 saturated carbocycles. The molecule has 0 bridgehead atoms. The zero-order valence-electron chi connectivity index (χ0n) is 12.7. The minimum atomic E-state index is -0.499. The number of anilines is 1. The molecule has 0 aromatic carbocycles. The van der Waals surface area contributed by atoms with Crippen molar-refractivity contribution < 1.29 is 4.79 Å². The Balaban J connectivity index is 0.00000220. The summed E-state index contributed by atoms with van der Waals surface area (Å²) >= 11 is 1.47. The highest BCUT2D eigenvalue weighted by Gasteiger charge is 2.20. The lowest BCUT2D eigenvalue weighted by atomic mass is 9.87. The lowest BCUT2D eigenvalue weighted by molar-refractivity contribution is -0.118. The van der Waals surface area contributed by atoms with Crippen LogP contribution in [0.1, 0.15) is 51.0 Å². The van der Waals surface area contributed by atoms with E-state index in [1.165, 1.54) is 43.4 Å². The Morgan fingerprint density at radius 1 is 1.33 bits per heavy atom. The Labute approximate surface area is 136 Å². The van der Waals surface area contributed by atoms with E-state index in [1.54, 1.807) is 0 Å². The number of carbonyl (C=O) groups is 1. The summed E-state index contributed by atoms with van der Waals surface area (Å²) in [4.78, 5) is 11.9. The second-order valence-electron chi connectivity index (χ2n) is 5.97. The van der Waals surface area contributed by atoms with Crippen molar-refractivity contribution >= 4 is 34.8 Å². The highest BCUT2D eigenvalue weighted by molar-refractivity contribution is 7.15. The number of nitrogens with two attached hydrogens (primary N) is 1. The second-order valence-corrected chi connectivity index (χ2v) is 7.03. The van der Waals surface area contributed by atoms with Crippen molar-refractivity contribution in [2.75, 3.05) is 5.32 Å². The van der Waals surface area contributed by atoms with Crippen LogP contribution in [0.15, 0.2) is 0 Å². The first-order valence-electron chi connectivity index (χ1n) is 7.45. The number of carbonyl (C=O) groups excluding carboxylic acids is 1. The van der Waals surface area contributed by atoms with E-state index >= 15 is 0 Å². The van der Waals surface area contributed by atoms with Crippen molar-refractivity contribution in [2.24, 2.45) is 17.6 Å². The van der Waals surface area contributed by atoms with Crippen LogP contribution in [0.2, 0.25) is 0 Å². The Morgan fingerprint density at radius 2 is 2.00 bits per heavy atom. The molecule has 1 aromatic rings. The van der Waals surface area contributed by atoms with Crippen molar-refractivity contribution in [3.05, 3.63) is 5.01 Å². The lowest BCUT2D eigenvalue weighted by Gasteiger charge is -2.19. The topological polar surface area (TPSA) is 80.9 Å². The summed E-state index contributed by atoms with van der Waals surface area (Å²) in [6.45, 7) is 3.86. The molecular formula is C14H25ClN4OS. The SMILES string of the molecule is CC(C)[C@H](N)C(=O)Nc1nnc(CC2CCCCC2)s1.Cl. The maximum Gasteiger partial charge on any atom is 0.243 e. The molecule has 1 fully saturated rings. The van der Waals surface area contributed by atoms with Gasteiger partial charge in [-0.2, -0.15) is 0 Å². The average Bonchev–Trinajstić information content (AvgIpc) is 2.86. The fourth-order valence-corrected chi connectivity index (χ4v) is 3.37. The zero-order valence-corrected chi connectivity index (χ0v) is 14.3. The maximum absolute atomic E-state index is 11.9. The normalized spacial score (nSPS) is 17.3. The van der Waals surface area contributed by atoms with Gasteiger partial charge in [0.15, 0.2) is 0 Å². The predicted octanol–water partition coefficient (Wildman–Crippen LogP) is 3.00. The number of hydrogen-bond donors (Lipinski definition) is 2. The molecule has 1 heterocycles. The number of nitrogens with zero attached hydrogens (tertiary/aromatic N) is 2. The van der Waals surface area contributed by atoms with Gasteiger partial charge < -0.3 is 5.73 Å². The van der Waals surface area contributed by atoms with Crippen LogP contribution in [-0.4, -0.2) is 22.1 Å². The monoisotopic (exact) mass is 332 g/mol. The van der Waals surface area contributed by atoms with Gasteiger partial charge in [0, 0.05) is 6.42 Å². The van der Waals surface area contributed by atoms with E-state index in [2.05, 4.69) is 15.5 Å². The maximum atomic E-state index is 11.9. The van der Waals surface area contributed by atoms with Gasteiger partial charge in [0.2, 0.25) is 11.0 Å². The largest absolute Gasteiger partial charge is 0.320 e. The Morgan fingerprint density at radius 3 is 2.62 bits per heavy atom. The third-order valence-electron chi connectivity index (χ3n) is 3.91. The van der Waals surface area contributed by atoms with E-state index in [9.17, 15) is 4.79 Å². The third kappa shape index (κ3) is 5.52. The van der Waals surface area contributed by atoms with Gasteiger partial charge in [-0.3, -0.25) is 10.1 Å². The van der Waals surface area contributed by atoms with Crippen LogP contribution in [0.4, 0.5) is 5.13 Å². The first-order chi connectivity index (χ1) is 9.56. The summed E-state index contributed by atoms with van der Waals surface area (Å²) < 4.78 is 0. The van der Waals surface area contributed by atoms with Crippen LogP contribution in [0.25, 0.3) is 0 Å². The first-order valence-corrected chi connectivity index (χ1v) is 8.26. The Bertz CT molecular complexity index is 446. The van der Waals surface area contributed by atoms with Crippen molar-refractivity contribution in [1.29, 1.82) is 0 Å². The number of nitrogens with one attached hydrogen (secondary N) is 1. The molecule has 2 rings (SSSR count). The van der Waals surface area contributed by atoms with Crippen molar-refractivity contribution in [1.82, 2.24) is 10.2 Å². The smallest absolute Gasteiger partial charge is 0.243 e. The van der Waals surface area contributed by atoms with Crippen LogP contribution in [0, 0.1) is 11.8 Å². The number of rotatable bonds is 5. The first kappa shape index (κ1) is 18.3. The molecule has 0 unspecified atom stereocenters. The van der Waals surface area contributed by atoms with Crippen molar-refractivity contribution in [2.45, 2.75) is 58.4 Å². The molecule has 3 N–H and O–H groups in total. The zero-order chi connectivity index (χ0) is 14.5. The fourth-order valence-electron chi connectivity index (χ4n) is 2.52. The van der Waals surface area contributed by atoms with Crippen LogP contribution >= 0.6 is 23.7 Å². The Hall–Kier alpha value is -0.720. The van der Waals surface area contributed by atoms with E-state index in [1.807, 2.05) is 13.8 Å². The molecule has 1 aliphatic carbocycles. The van der Waals surface area contributed by atoms with E-state index in [0.29, 0.717) is 5.13 Å². The summed E-state index contributed by atoms with van der Waals surface area (Å²) in [6.07, 6.45) is 7.59. The summed E-state index contributed by atoms with van der Waals surface area (Å²) in [5.74, 6) is 0.670. The molecule has 0 aliphatic heterocycles. The summed E-state index contributed by atoms with van der Waals surface area (Å²) in [5, 5.41) is 12.6. The molecule has 120 valence electrons. The molecule has 5 nitrogen and oxygen atoms in total. The minimum Gasteiger partial charge on any atom is -0.320 e. The molecule has 1 atom stereocenters. The number of aromatic nitrogens is 2. The van der Waals surface area contributed by atoms with E-state index in [4.69, 9.17) is 5.73 Å². The molecule has 21 heavy (non-hydrogen) atoms. The molecule has 1 aromatic heterocycles. The van der Waals surface area contributed by atoms with E-state index < -0.39 is 6.04 Å². The van der Waals surface area contributed by atoms with Gasteiger partial charge in [0.25, 0.3) is 0 Å². The molecule has 1 amide bonds. The van der Waals surface area contributed by atoms with Gasteiger partial charge in [-0.05, 0) is 11.8 Å². The van der Waals surface area contributed by atoms with Crippen LogP contribution in [-0.2, 0) is 11.2 Å². The molecule has 0 radical (unpaired) electrons. The molecule has 0 saturated heterocycles. The average molecular weight is 333 g/mol. The highest BCUT2D eigenvalue weighted by atomic mass is 35.5. The van der Waals surface area contributed by atoms with Gasteiger partial charge >= 0.3 is 0 Å². The van der Waals surface area contributed by atoms with Crippen molar-refractivity contribution in [3.8, 4) is 0 Å². The van der Waals surface area contributed by atoms with Gasteiger partial charge in [-0.15, -0.1) is 22.6 Å². The second kappa shape index (κ2) is 8.66. The minimum absolute atomic E-state index is 0. The van der Waals surface area contributed by atoms with Crippen LogP contribution in [0.5, 0.6) is 0 Å². The van der Waals surface area contributed by atoms with Crippen LogP contribution in [0.3, 0.4) is 0 Å². The Kier molecular flexibility index (Phi) is 7.56. The fraction of sp³-hybridized carbons (Fsp3) is 0.786. The number of hydrogen-bond acceptors (Lipinski definition) is 5. The van der Waals surface area contributed by atoms with E-state index in [0.717, 1.165) is 17.3 Å². The summed E-state index contributed by atoms with van der Waals surface area (Å²) in [5.41, 5.74) is 5.81. The molecule has 7 heteroatoms. The molecule has 1 aliphatic rings. The van der Waals surface area contributed by atoms with Gasteiger partial charge in [-0.1, -0.05) is 57.3 Å². The summed E-state index contributed by atoms with van der Waals surface area (Å²) in [7, 11) is 0. The summed E-state index contributed by atoms with van der Waals surface area (Å²) in [6, 6.07) is -0.499. The van der Waals surface area contributed by atoms with Crippen LogP contribution < -0.4 is 11.1 Å². The van der Waals surface area contributed by atoms with E-state index in [-0.39, 0.29) is 24.2 Å². The quantitative estimate of drug-likeness (QED) is 0.868. The van der Waals surface area contributed by atoms with Gasteiger partial charge in [0.05, 0.1) is 6.04 Å². The van der Waals surface area contributed by atoms with Crippen molar-refractivity contribution in [3.63, 3.8) is 0 Å².